The fourth-order valence-corrected chi connectivity index (χ4v) is 4.64. The number of anilines is 1. The molecule has 0 radical (unpaired) electrons. The molecule has 4 rings (SSSR count). The highest BCUT2D eigenvalue weighted by Crippen LogP contribution is 2.35. The van der Waals surface area contributed by atoms with Crippen molar-refractivity contribution in [3.05, 3.63) is 76.5 Å². The van der Waals surface area contributed by atoms with Crippen LogP contribution in [0, 0.1) is 0 Å². The van der Waals surface area contributed by atoms with Gasteiger partial charge in [-0.05, 0) is 91.4 Å². The van der Waals surface area contributed by atoms with Gasteiger partial charge in [-0.1, -0.05) is 12.1 Å². The summed E-state index contributed by atoms with van der Waals surface area (Å²) in [7, 11) is 1.67. The lowest BCUT2D eigenvalue weighted by molar-refractivity contribution is 0.0548. The zero-order chi connectivity index (χ0) is 24.5. The molecule has 2 aromatic rings. The van der Waals surface area contributed by atoms with Gasteiger partial charge in [0.2, 0.25) is 0 Å². The Labute approximate surface area is 209 Å². The van der Waals surface area contributed by atoms with E-state index < -0.39 is 0 Å². The number of ether oxygens (including phenoxy) is 2. The Bertz CT molecular complexity index is 1070. The number of morpholine rings is 1. The first-order valence-electron chi connectivity index (χ1n) is 12.5. The lowest BCUT2D eigenvalue weighted by atomic mass is 10.1. The predicted octanol–water partition coefficient (Wildman–Crippen LogP) is 5.41. The van der Waals surface area contributed by atoms with Crippen molar-refractivity contribution >= 4 is 24.2 Å². The maximum atomic E-state index is 5.61. The Kier molecular flexibility index (Phi) is 8.74. The van der Waals surface area contributed by atoms with E-state index in [4.69, 9.17) is 9.47 Å². The van der Waals surface area contributed by atoms with Gasteiger partial charge in [0.15, 0.2) is 0 Å². The molecule has 184 valence electrons. The minimum atomic E-state index is 0.759. The lowest BCUT2D eigenvalue weighted by Crippen LogP contribution is -2.36. The summed E-state index contributed by atoms with van der Waals surface area (Å²) in [5.74, 6) is 0.832. The second kappa shape index (κ2) is 12.4. The van der Waals surface area contributed by atoms with Gasteiger partial charge in [0.05, 0.1) is 32.8 Å². The third-order valence-electron chi connectivity index (χ3n) is 6.56. The molecule has 0 N–H and O–H groups in total. The Morgan fingerprint density at radius 2 is 1.54 bits per heavy atom. The van der Waals surface area contributed by atoms with Gasteiger partial charge in [0.1, 0.15) is 5.75 Å². The molecule has 0 spiro atoms. The molecule has 0 unspecified atom stereocenters. The number of methoxy groups -OCH3 is 1. The highest BCUT2D eigenvalue weighted by atomic mass is 16.5. The van der Waals surface area contributed by atoms with Crippen LogP contribution in [0.3, 0.4) is 0 Å². The highest BCUT2D eigenvalue weighted by molar-refractivity contribution is 5.85. The number of hydrogen-bond acceptors (Lipinski definition) is 6. The lowest BCUT2D eigenvalue weighted by Gasteiger charge is -2.31. The molecule has 0 amide bonds. The second-order valence-corrected chi connectivity index (χ2v) is 8.67. The van der Waals surface area contributed by atoms with E-state index in [1.54, 1.807) is 13.3 Å². The predicted molar refractivity (Wildman–Crippen MR) is 146 cm³/mol. The molecule has 1 aliphatic heterocycles. The molecule has 2 aromatic carbocycles. The van der Waals surface area contributed by atoms with Crippen molar-refractivity contribution < 1.29 is 9.47 Å². The number of nitrogens with zero attached hydrogens (tertiary/aromatic N) is 4. The van der Waals surface area contributed by atoms with Crippen LogP contribution in [0.4, 0.5) is 5.69 Å². The topological polar surface area (TPSA) is 49.7 Å². The van der Waals surface area contributed by atoms with E-state index in [2.05, 4.69) is 64.2 Å². The SMILES string of the molecule is CCN(CC)c1ccc(/C=C2\CCC(/C=N\N=C/c3ccc(OC)cc3)=C2N2CCOCC2)cc1. The Hall–Kier alpha value is -3.38. The third-order valence-corrected chi connectivity index (χ3v) is 6.56. The van der Waals surface area contributed by atoms with Crippen LogP contribution in [0.5, 0.6) is 5.75 Å². The van der Waals surface area contributed by atoms with Gasteiger partial charge in [-0.25, -0.2) is 0 Å². The van der Waals surface area contributed by atoms with Gasteiger partial charge in [0, 0.05) is 37.6 Å². The van der Waals surface area contributed by atoms with Crippen molar-refractivity contribution in [3.8, 4) is 5.75 Å². The van der Waals surface area contributed by atoms with Crippen molar-refractivity contribution in [3.63, 3.8) is 0 Å². The molecule has 35 heavy (non-hydrogen) atoms. The quantitative estimate of drug-likeness (QED) is 0.362. The standard InChI is InChI=1S/C29H36N4O2/c1-4-32(5-2)27-12-6-23(7-13-27)20-25-10-11-26(29(25)33-16-18-35-19-17-33)22-31-30-21-24-8-14-28(34-3)15-9-24/h6-9,12-15,20-22H,4-5,10-11,16-19H2,1-3H3/b25-20+,30-21-,31-22-. The Morgan fingerprint density at radius 3 is 2.20 bits per heavy atom. The zero-order valence-corrected chi connectivity index (χ0v) is 21.1. The van der Waals surface area contributed by atoms with Crippen molar-refractivity contribution in [1.82, 2.24) is 4.90 Å². The monoisotopic (exact) mass is 472 g/mol. The number of allylic oxidation sites excluding steroid dienone is 2. The minimum absolute atomic E-state index is 0.759. The molecule has 2 aliphatic rings. The van der Waals surface area contributed by atoms with Crippen LogP contribution in [0.25, 0.3) is 6.08 Å². The average Bonchev–Trinajstić information content (AvgIpc) is 3.31. The largest absolute Gasteiger partial charge is 0.497 e. The first kappa shape index (κ1) is 24.7. The number of benzene rings is 2. The molecule has 6 heteroatoms. The Morgan fingerprint density at radius 1 is 0.886 bits per heavy atom. The summed E-state index contributed by atoms with van der Waals surface area (Å²) in [6.45, 7) is 9.75. The van der Waals surface area contributed by atoms with Crippen molar-refractivity contribution in [2.24, 2.45) is 10.2 Å². The third kappa shape index (κ3) is 6.40. The van der Waals surface area contributed by atoms with Gasteiger partial charge in [0.25, 0.3) is 0 Å². The van der Waals surface area contributed by atoms with E-state index in [1.165, 1.54) is 28.1 Å². The van der Waals surface area contributed by atoms with Crippen LogP contribution in [-0.2, 0) is 4.74 Å². The number of rotatable bonds is 9. The minimum Gasteiger partial charge on any atom is -0.497 e. The van der Waals surface area contributed by atoms with Crippen molar-refractivity contribution in [2.45, 2.75) is 26.7 Å². The smallest absolute Gasteiger partial charge is 0.118 e. The molecule has 0 saturated carbocycles. The molecule has 1 fully saturated rings. The number of hydrogen-bond donors (Lipinski definition) is 0. The second-order valence-electron chi connectivity index (χ2n) is 8.67. The van der Waals surface area contributed by atoms with E-state index in [9.17, 15) is 0 Å². The van der Waals surface area contributed by atoms with Crippen LogP contribution in [0.2, 0.25) is 0 Å². The summed E-state index contributed by atoms with van der Waals surface area (Å²) < 4.78 is 10.8. The van der Waals surface area contributed by atoms with Crippen LogP contribution in [0.15, 0.2) is 75.6 Å². The summed E-state index contributed by atoms with van der Waals surface area (Å²) in [5.41, 5.74) is 7.40. The molecular formula is C29H36N4O2. The Balaban J connectivity index is 1.55. The van der Waals surface area contributed by atoms with Crippen LogP contribution < -0.4 is 9.64 Å². The van der Waals surface area contributed by atoms with E-state index >= 15 is 0 Å². The maximum Gasteiger partial charge on any atom is 0.118 e. The molecule has 1 saturated heterocycles. The average molecular weight is 473 g/mol. The van der Waals surface area contributed by atoms with Gasteiger partial charge in [-0.3, -0.25) is 0 Å². The summed E-state index contributed by atoms with van der Waals surface area (Å²) in [4.78, 5) is 4.81. The molecule has 6 nitrogen and oxygen atoms in total. The zero-order valence-electron chi connectivity index (χ0n) is 21.1. The first-order chi connectivity index (χ1) is 17.2. The van der Waals surface area contributed by atoms with Crippen LogP contribution >= 0.6 is 0 Å². The molecule has 1 aliphatic carbocycles. The van der Waals surface area contributed by atoms with Crippen molar-refractivity contribution in [1.29, 1.82) is 0 Å². The summed E-state index contributed by atoms with van der Waals surface area (Å²) in [5, 5.41) is 8.69. The fraction of sp³-hybridized carbons (Fsp3) is 0.379. The van der Waals surface area contributed by atoms with Crippen LogP contribution in [0.1, 0.15) is 37.8 Å². The summed E-state index contributed by atoms with van der Waals surface area (Å²) >= 11 is 0. The van der Waals surface area contributed by atoms with E-state index in [1.807, 2.05) is 30.5 Å². The fourth-order valence-electron chi connectivity index (χ4n) is 4.64. The normalized spacial score (nSPS) is 17.8. The molecule has 0 bridgehead atoms. The molecule has 0 atom stereocenters. The van der Waals surface area contributed by atoms with Gasteiger partial charge >= 0.3 is 0 Å². The highest BCUT2D eigenvalue weighted by Gasteiger charge is 2.25. The molecule has 1 heterocycles. The van der Waals surface area contributed by atoms with Gasteiger partial charge < -0.3 is 19.3 Å². The molecule has 0 aromatic heterocycles. The summed E-state index contributed by atoms with van der Waals surface area (Å²) in [6.07, 6.45) is 8.01. The summed E-state index contributed by atoms with van der Waals surface area (Å²) in [6, 6.07) is 16.7. The van der Waals surface area contributed by atoms with Gasteiger partial charge in [-0.15, -0.1) is 0 Å². The van der Waals surface area contributed by atoms with E-state index in [0.29, 0.717) is 0 Å². The van der Waals surface area contributed by atoms with E-state index in [0.717, 1.165) is 63.5 Å². The maximum absolute atomic E-state index is 5.61. The van der Waals surface area contributed by atoms with Crippen LogP contribution in [-0.4, -0.2) is 63.8 Å². The van der Waals surface area contributed by atoms with E-state index in [-0.39, 0.29) is 0 Å². The van der Waals surface area contributed by atoms with Crippen molar-refractivity contribution in [2.75, 3.05) is 51.4 Å². The van der Waals surface area contributed by atoms with Gasteiger partial charge in [-0.2, -0.15) is 10.2 Å². The molecular weight excluding hydrogens is 436 g/mol. The first-order valence-corrected chi connectivity index (χ1v) is 12.5.